The number of carbonyl (C=O) groups excluding carboxylic acids is 1. The van der Waals surface area contributed by atoms with Crippen LogP contribution in [-0.2, 0) is 17.6 Å². The summed E-state index contributed by atoms with van der Waals surface area (Å²) in [6.45, 7) is 7.34. The second kappa shape index (κ2) is 9.89. The fourth-order valence-corrected chi connectivity index (χ4v) is 4.70. The van der Waals surface area contributed by atoms with Crippen molar-refractivity contribution in [3.05, 3.63) is 41.3 Å². The lowest BCUT2D eigenvalue weighted by molar-refractivity contribution is -0.117. The fraction of sp³-hybridized carbons (Fsp3) is 0.480. The normalized spacial score (nSPS) is 17.0. The van der Waals surface area contributed by atoms with Crippen LogP contribution in [0.3, 0.4) is 0 Å². The highest BCUT2D eigenvalue weighted by Crippen LogP contribution is 2.33. The lowest BCUT2D eigenvalue weighted by atomic mass is 10.1. The number of ether oxygens (including phenoxy) is 1. The van der Waals surface area contributed by atoms with E-state index in [-0.39, 0.29) is 11.9 Å². The van der Waals surface area contributed by atoms with E-state index in [1.165, 1.54) is 0 Å². The number of hydrogen-bond donors (Lipinski definition) is 3. The van der Waals surface area contributed by atoms with Crippen LogP contribution < -0.4 is 20.3 Å². The van der Waals surface area contributed by atoms with E-state index in [1.807, 2.05) is 17.9 Å². The van der Waals surface area contributed by atoms with E-state index in [4.69, 9.17) is 14.7 Å². The van der Waals surface area contributed by atoms with E-state index in [1.54, 1.807) is 18.3 Å². The van der Waals surface area contributed by atoms with Crippen LogP contribution in [-0.4, -0.2) is 50.2 Å². The maximum Gasteiger partial charge on any atom is 0.247 e. The van der Waals surface area contributed by atoms with E-state index < -0.39 is 0 Å². The number of pyridine rings is 1. The first-order chi connectivity index (χ1) is 17.0. The Balaban J connectivity index is 1.40. The summed E-state index contributed by atoms with van der Waals surface area (Å²) < 4.78 is 5.57. The average molecular weight is 477 g/mol. The molecule has 1 aliphatic carbocycles. The van der Waals surface area contributed by atoms with Crippen molar-refractivity contribution in [1.82, 2.24) is 25.1 Å². The number of carbonyl (C=O) groups is 1. The number of hydrogen-bond acceptors (Lipinski definition) is 8. The maximum absolute atomic E-state index is 13.3. The Morgan fingerprint density at radius 1 is 1.29 bits per heavy atom. The van der Waals surface area contributed by atoms with Crippen LogP contribution in [0.5, 0.6) is 5.88 Å². The molecule has 4 heterocycles. The van der Waals surface area contributed by atoms with Gasteiger partial charge in [-0.2, -0.15) is 10.1 Å². The number of anilines is 4. The van der Waals surface area contributed by atoms with Crippen LogP contribution in [0.25, 0.3) is 0 Å². The summed E-state index contributed by atoms with van der Waals surface area (Å²) in [6.07, 6.45) is 6.17. The lowest BCUT2D eigenvalue weighted by Crippen LogP contribution is -2.41. The highest BCUT2D eigenvalue weighted by molar-refractivity contribution is 5.97. The summed E-state index contributed by atoms with van der Waals surface area (Å²) in [6, 6.07) is 5.24. The van der Waals surface area contributed by atoms with Gasteiger partial charge in [-0.05, 0) is 57.1 Å². The van der Waals surface area contributed by atoms with E-state index >= 15 is 0 Å². The SMILES string of the molecule is CCOc1ncccc1NC(=O)[C@H]1CCCN1c1nc2c(c(Nc3cc(C(C)C)[nH]n3)n1)CCC2. The molecule has 5 rings (SSSR count). The van der Waals surface area contributed by atoms with Gasteiger partial charge in [-0.15, -0.1) is 0 Å². The summed E-state index contributed by atoms with van der Waals surface area (Å²) in [7, 11) is 0. The zero-order valence-electron chi connectivity index (χ0n) is 20.5. The first-order valence-electron chi connectivity index (χ1n) is 12.4. The Morgan fingerprint density at radius 2 is 2.17 bits per heavy atom. The molecule has 0 spiro atoms. The van der Waals surface area contributed by atoms with Crippen molar-refractivity contribution in [2.45, 2.75) is 64.8 Å². The van der Waals surface area contributed by atoms with Gasteiger partial charge in [-0.25, -0.2) is 9.97 Å². The number of nitrogens with zero attached hydrogens (tertiary/aromatic N) is 5. The van der Waals surface area contributed by atoms with E-state index in [0.717, 1.165) is 67.2 Å². The van der Waals surface area contributed by atoms with Gasteiger partial charge in [0.25, 0.3) is 0 Å². The van der Waals surface area contributed by atoms with Crippen LogP contribution in [0.1, 0.15) is 62.9 Å². The summed E-state index contributed by atoms with van der Waals surface area (Å²) in [4.78, 5) is 29.3. The van der Waals surface area contributed by atoms with Crippen molar-refractivity contribution < 1.29 is 9.53 Å². The third kappa shape index (κ3) is 4.78. The minimum atomic E-state index is -0.366. The highest BCUT2D eigenvalue weighted by atomic mass is 16.5. The van der Waals surface area contributed by atoms with Crippen LogP contribution in [0, 0.1) is 0 Å². The van der Waals surface area contributed by atoms with E-state index in [0.29, 0.717) is 30.0 Å². The van der Waals surface area contributed by atoms with Crippen molar-refractivity contribution in [1.29, 1.82) is 0 Å². The molecule has 10 nitrogen and oxygen atoms in total. The maximum atomic E-state index is 13.3. The number of fused-ring (bicyclic) bond motifs is 1. The monoisotopic (exact) mass is 476 g/mol. The van der Waals surface area contributed by atoms with Gasteiger partial charge in [-0.3, -0.25) is 9.89 Å². The minimum absolute atomic E-state index is 0.107. The zero-order valence-corrected chi connectivity index (χ0v) is 20.5. The van der Waals surface area contributed by atoms with Crippen LogP contribution >= 0.6 is 0 Å². The van der Waals surface area contributed by atoms with Crippen LogP contribution in [0.4, 0.5) is 23.3 Å². The number of aryl methyl sites for hydroxylation is 1. The summed E-state index contributed by atoms with van der Waals surface area (Å²) in [5.74, 6) is 2.78. The molecule has 1 atom stereocenters. The Labute approximate surface area is 204 Å². The second-order valence-electron chi connectivity index (χ2n) is 9.27. The molecule has 3 aromatic rings. The molecule has 0 saturated carbocycles. The average Bonchev–Trinajstić information content (AvgIpc) is 3.61. The Morgan fingerprint density at radius 3 is 2.97 bits per heavy atom. The largest absolute Gasteiger partial charge is 0.476 e. The first kappa shape index (κ1) is 23.1. The molecule has 2 aliphatic rings. The van der Waals surface area contributed by atoms with Gasteiger partial charge in [-0.1, -0.05) is 13.8 Å². The number of H-pyrrole nitrogens is 1. The van der Waals surface area contributed by atoms with Crippen molar-refractivity contribution >= 4 is 29.2 Å². The van der Waals surface area contributed by atoms with Gasteiger partial charge >= 0.3 is 0 Å². The van der Waals surface area contributed by atoms with Gasteiger partial charge in [0, 0.05) is 30.1 Å². The molecular formula is C25H32N8O2. The van der Waals surface area contributed by atoms with Gasteiger partial charge in [0.1, 0.15) is 17.5 Å². The van der Waals surface area contributed by atoms with Gasteiger partial charge in [0.05, 0.1) is 12.3 Å². The highest BCUT2D eigenvalue weighted by Gasteiger charge is 2.34. The number of nitrogens with one attached hydrogen (secondary N) is 3. The Hall–Kier alpha value is -3.69. The number of aromatic amines is 1. The van der Waals surface area contributed by atoms with Crippen LogP contribution in [0.15, 0.2) is 24.4 Å². The number of amides is 1. The molecule has 0 bridgehead atoms. The van der Waals surface area contributed by atoms with Crippen molar-refractivity contribution in [3.63, 3.8) is 0 Å². The van der Waals surface area contributed by atoms with Gasteiger partial charge in [0.2, 0.25) is 17.7 Å². The van der Waals surface area contributed by atoms with E-state index in [2.05, 4.69) is 39.7 Å². The van der Waals surface area contributed by atoms with Gasteiger partial charge in [0.15, 0.2) is 5.82 Å². The topological polar surface area (TPSA) is 121 Å². The molecule has 1 saturated heterocycles. The first-order valence-corrected chi connectivity index (χ1v) is 12.4. The smallest absolute Gasteiger partial charge is 0.247 e. The van der Waals surface area contributed by atoms with Gasteiger partial charge < -0.3 is 20.3 Å². The van der Waals surface area contributed by atoms with E-state index in [9.17, 15) is 4.79 Å². The summed E-state index contributed by atoms with van der Waals surface area (Å²) in [5.41, 5.74) is 3.83. The summed E-state index contributed by atoms with van der Waals surface area (Å²) in [5, 5.41) is 13.9. The molecule has 184 valence electrons. The third-order valence-corrected chi connectivity index (χ3v) is 6.51. The molecular weight excluding hydrogens is 444 g/mol. The molecule has 1 fully saturated rings. The lowest BCUT2D eigenvalue weighted by Gasteiger charge is -2.25. The molecule has 35 heavy (non-hydrogen) atoms. The molecule has 10 heteroatoms. The molecule has 0 unspecified atom stereocenters. The van der Waals surface area contributed by atoms with Crippen LogP contribution in [0.2, 0.25) is 0 Å². The predicted octanol–water partition coefficient (Wildman–Crippen LogP) is 3.96. The zero-order chi connectivity index (χ0) is 24.4. The molecule has 3 aromatic heterocycles. The fourth-order valence-electron chi connectivity index (χ4n) is 4.70. The molecule has 3 N–H and O–H groups in total. The number of aromatic nitrogens is 5. The quantitative estimate of drug-likeness (QED) is 0.447. The predicted molar refractivity (Wildman–Crippen MR) is 134 cm³/mol. The molecule has 0 aromatic carbocycles. The molecule has 0 radical (unpaired) electrons. The molecule has 1 aliphatic heterocycles. The van der Waals surface area contributed by atoms with Crippen molar-refractivity contribution in [2.24, 2.45) is 0 Å². The number of rotatable bonds is 8. The minimum Gasteiger partial charge on any atom is -0.476 e. The van der Waals surface area contributed by atoms with Crippen molar-refractivity contribution in [2.75, 3.05) is 28.7 Å². The van der Waals surface area contributed by atoms with Crippen molar-refractivity contribution in [3.8, 4) is 5.88 Å². The second-order valence-corrected chi connectivity index (χ2v) is 9.27. The third-order valence-electron chi connectivity index (χ3n) is 6.51. The standard InChI is InChI=1S/C25H32N8O2/c1-4-35-24-18(10-6-12-26-24)27-23(34)20-11-7-13-33(20)25-28-17-9-5-8-16(17)22(30-25)29-21-14-19(15(2)3)31-32-21/h6,10,12,14-15,20H,4-5,7-9,11,13H2,1-3H3,(H,27,34)(H2,28,29,30,31,32)/t20-/m1/s1. The molecule has 1 amide bonds. The summed E-state index contributed by atoms with van der Waals surface area (Å²) >= 11 is 0. The Kier molecular flexibility index (Phi) is 6.52. The Bertz CT molecular complexity index is 1210.